The largest absolute Gasteiger partial charge is 0.495 e. The van der Waals surface area contributed by atoms with E-state index in [4.69, 9.17) is 16.3 Å². The first-order chi connectivity index (χ1) is 13.9. The zero-order valence-electron chi connectivity index (χ0n) is 16.2. The van der Waals surface area contributed by atoms with E-state index in [1.807, 2.05) is 6.07 Å². The highest BCUT2D eigenvalue weighted by atomic mass is 35.5. The minimum atomic E-state index is -3.70. The van der Waals surface area contributed by atoms with E-state index in [2.05, 4.69) is 10.6 Å². The van der Waals surface area contributed by atoms with Crippen LogP contribution in [0.3, 0.4) is 0 Å². The van der Waals surface area contributed by atoms with Crippen molar-refractivity contribution in [1.29, 1.82) is 0 Å². The zero-order valence-corrected chi connectivity index (χ0v) is 17.7. The lowest BCUT2D eigenvalue weighted by Crippen LogP contribution is -2.35. The Morgan fingerprint density at radius 1 is 1.14 bits per heavy atom. The van der Waals surface area contributed by atoms with Gasteiger partial charge < -0.3 is 15.4 Å². The Morgan fingerprint density at radius 3 is 2.55 bits per heavy atom. The number of amides is 1. The molecule has 0 spiro atoms. The quantitative estimate of drug-likeness (QED) is 0.691. The second-order valence-electron chi connectivity index (χ2n) is 6.71. The third-order valence-electron chi connectivity index (χ3n) is 4.69. The molecule has 9 heteroatoms. The van der Waals surface area contributed by atoms with Gasteiger partial charge in [0.25, 0.3) is 0 Å². The van der Waals surface area contributed by atoms with E-state index in [1.54, 1.807) is 30.3 Å². The van der Waals surface area contributed by atoms with Crippen LogP contribution in [0.15, 0.2) is 47.4 Å². The number of halogens is 1. The van der Waals surface area contributed by atoms with E-state index in [0.29, 0.717) is 29.5 Å². The van der Waals surface area contributed by atoms with Gasteiger partial charge in [-0.1, -0.05) is 30.2 Å². The lowest BCUT2D eigenvalue weighted by Gasteiger charge is -2.26. The molecule has 1 saturated heterocycles. The van der Waals surface area contributed by atoms with E-state index < -0.39 is 10.0 Å². The maximum absolute atomic E-state index is 13.1. The first kappa shape index (κ1) is 21.4. The molecule has 156 valence electrons. The number of hydrogen-bond acceptors (Lipinski definition) is 5. The van der Waals surface area contributed by atoms with Gasteiger partial charge in [-0.05, 0) is 43.2 Å². The average molecular weight is 438 g/mol. The van der Waals surface area contributed by atoms with E-state index in [1.165, 1.54) is 17.5 Å². The predicted octanol–water partition coefficient (Wildman–Crippen LogP) is 3.57. The van der Waals surface area contributed by atoms with Crippen LogP contribution in [0.4, 0.5) is 11.4 Å². The molecule has 1 heterocycles. The molecule has 0 aliphatic carbocycles. The molecule has 1 aliphatic heterocycles. The lowest BCUT2D eigenvalue weighted by molar-refractivity contribution is -0.114. The number of benzene rings is 2. The zero-order chi connectivity index (χ0) is 20.9. The number of anilines is 2. The summed E-state index contributed by atoms with van der Waals surface area (Å²) in [5.74, 6) is -0.0702. The summed E-state index contributed by atoms with van der Waals surface area (Å²) in [6.07, 6.45) is 2.70. The molecular formula is C20H24ClN3O4S. The number of carbonyl (C=O) groups is 1. The van der Waals surface area contributed by atoms with Crippen LogP contribution in [-0.4, -0.2) is 45.4 Å². The Morgan fingerprint density at radius 2 is 1.86 bits per heavy atom. The third kappa shape index (κ3) is 5.20. The number of piperidine rings is 1. The van der Waals surface area contributed by atoms with E-state index in [-0.39, 0.29) is 23.1 Å². The maximum Gasteiger partial charge on any atom is 0.246 e. The van der Waals surface area contributed by atoms with Gasteiger partial charge in [0.1, 0.15) is 10.6 Å². The number of rotatable bonds is 7. The second-order valence-corrected chi connectivity index (χ2v) is 9.03. The van der Waals surface area contributed by atoms with Crippen LogP contribution in [0, 0.1) is 0 Å². The van der Waals surface area contributed by atoms with Crippen LogP contribution in [-0.2, 0) is 14.8 Å². The number of methoxy groups -OCH3 is 1. The molecule has 29 heavy (non-hydrogen) atoms. The summed E-state index contributed by atoms with van der Waals surface area (Å²) in [7, 11) is -2.27. The van der Waals surface area contributed by atoms with E-state index >= 15 is 0 Å². The number of nitrogens with one attached hydrogen (secondary N) is 2. The summed E-state index contributed by atoms with van der Waals surface area (Å²) in [6, 6.07) is 11.7. The highest BCUT2D eigenvalue weighted by Gasteiger charge is 2.29. The monoisotopic (exact) mass is 437 g/mol. The SMILES string of the molecule is COc1ccc(NC(=O)CNc2ccccc2Cl)cc1S(=O)(=O)N1CCCCC1. The van der Waals surface area contributed by atoms with Crippen molar-refractivity contribution in [2.45, 2.75) is 24.2 Å². The minimum Gasteiger partial charge on any atom is -0.495 e. The molecule has 1 amide bonds. The molecule has 0 atom stereocenters. The number of sulfonamides is 1. The highest BCUT2D eigenvalue weighted by Crippen LogP contribution is 2.31. The normalized spacial score (nSPS) is 15.0. The maximum atomic E-state index is 13.1. The van der Waals surface area contributed by atoms with Gasteiger partial charge in [-0.2, -0.15) is 4.31 Å². The van der Waals surface area contributed by atoms with Gasteiger partial charge in [0, 0.05) is 18.8 Å². The molecule has 2 aromatic rings. The Bertz CT molecular complexity index is 975. The number of para-hydroxylation sites is 1. The van der Waals surface area contributed by atoms with Crippen molar-refractivity contribution in [3.8, 4) is 5.75 Å². The summed E-state index contributed by atoms with van der Waals surface area (Å²) in [4.78, 5) is 12.4. The predicted molar refractivity (Wildman–Crippen MR) is 114 cm³/mol. The molecule has 2 aromatic carbocycles. The molecule has 0 aromatic heterocycles. The van der Waals surface area contributed by atoms with Gasteiger partial charge in [0.15, 0.2) is 0 Å². The topological polar surface area (TPSA) is 87.7 Å². The van der Waals surface area contributed by atoms with Crippen molar-refractivity contribution in [3.63, 3.8) is 0 Å². The lowest BCUT2D eigenvalue weighted by atomic mass is 10.2. The number of ether oxygens (including phenoxy) is 1. The fraction of sp³-hybridized carbons (Fsp3) is 0.350. The molecule has 1 fully saturated rings. The van der Waals surface area contributed by atoms with Crippen molar-refractivity contribution in [2.75, 3.05) is 37.4 Å². The van der Waals surface area contributed by atoms with Crippen molar-refractivity contribution >= 4 is 38.9 Å². The molecule has 0 saturated carbocycles. The molecule has 2 N–H and O–H groups in total. The Labute approximate surface area is 176 Å². The summed E-state index contributed by atoms with van der Waals surface area (Å²) < 4.78 is 32.8. The summed E-state index contributed by atoms with van der Waals surface area (Å²) in [5.41, 5.74) is 1.03. The van der Waals surface area contributed by atoms with Crippen LogP contribution in [0.5, 0.6) is 5.75 Å². The third-order valence-corrected chi connectivity index (χ3v) is 6.94. The van der Waals surface area contributed by atoms with E-state index in [9.17, 15) is 13.2 Å². The highest BCUT2D eigenvalue weighted by molar-refractivity contribution is 7.89. The smallest absolute Gasteiger partial charge is 0.246 e. The average Bonchev–Trinajstić information content (AvgIpc) is 2.74. The first-order valence-electron chi connectivity index (χ1n) is 9.38. The van der Waals surface area contributed by atoms with Gasteiger partial charge in [-0.3, -0.25) is 4.79 Å². The van der Waals surface area contributed by atoms with Crippen molar-refractivity contribution in [1.82, 2.24) is 4.31 Å². The van der Waals surface area contributed by atoms with Crippen LogP contribution in [0.1, 0.15) is 19.3 Å². The number of hydrogen-bond donors (Lipinski definition) is 2. The van der Waals surface area contributed by atoms with E-state index in [0.717, 1.165) is 19.3 Å². The van der Waals surface area contributed by atoms with Gasteiger partial charge in [-0.15, -0.1) is 0 Å². The Balaban J connectivity index is 1.74. The van der Waals surface area contributed by atoms with Crippen molar-refractivity contribution < 1.29 is 17.9 Å². The summed E-state index contributed by atoms with van der Waals surface area (Å²) in [6.45, 7) is 0.970. The summed E-state index contributed by atoms with van der Waals surface area (Å²) >= 11 is 6.07. The fourth-order valence-electron chi connectivity index (χ4n) is 3.19. The van der Waals surface area contributed by atoms with Gasteiger partial charge in [-0.25, -0.2) is 8.42 Å². The molecular weight excluding hydrogens is 414 g/mol. The minimum absolute atomic E-state index is 0.00995. The Kier molecular flexibility index (Phi) is 7.00. The summed E-state index contributed by atoms with van der Waals surface area (Å²) in [5, 5.41) is 6.19. The molecule has 3 rings (SSSR count). The van der Waals surface area contributed by atoms with Crippen LogP contribution < -0.4 is 15.4 Å². The molecule has 1 aliphatic rings. The molecule has 0 unspecified atom stereocenters. The van der Waals surface area contributed by atoms with Crippen LogP contribution in [0.2, 0.25) is 5.02 Å². The number of carbonyl (C=O) groups excluding carboxylic acids is 1. The number of nitrogens with zero attached hydrogens (tertiary/aromatic N) is 1. The molecule has 7 nitrogen and oxygen atoms in total. The Hall–Kier alpha value is -2.29. The van der Waals surface area contributed by atoms with Crippen LogP contribution in [0.25, 0.3) is 0 Å². The van der Waals surface area contributed by atoms with Crippen LogP contribution >= 0.6 is 11.6 Å². The van der Waals surface area contributed by atoms with Gasteiger partial charge >= 0.3 is 0 Å². The van der Waals surface area contributed by atoms with Crippen molar-refractivity contribution in [3.05, 3.63) is 47.5 Å². The van der Waals surface area contributed by atoms with Crippen molar-refractivity contribution in [2.24, 2.45) is 0 Å². The fourth-order valence-corrected chi connectivity index (χ4v) is 5.09. The first-order valence-corrected chi connectivity index (χ1v) is 11.2. The standard InChI is InChI=1S/C20H24ClN3O4S/c1-28-18-10-9-15(13-19(18)29(26,27)24-11-5-2-6-12-24)23-20(25)14-22-17-8-4-3-7-16(17)21/h3-4,7-10,13,22H,2,5-6,11-12,14H2,1H3,(H,23,25). The van der Waals surface area contributed by atoms with Gasteiger partial charge in [0.05, 0.1) is 24.4 Å². The van der Waals surface area contributed by atoms with Gasteiger partial charge in [0.2, 0.25) is 15.9 Å². The second kappa shape index (κ2) is 9.47. The molecule has 0 bridgehead atoms. The molecule has 0 radical (unpaired) electrons.